The maximum Gasteiger partial charge on any atom is 0.273 e. The summed E-state index contributed by atoms with van der Waals surface area (Å²) in [7, 11) is -3.36. The third kappa shape index (κ3) is 5.27. The summed E-state index contributed by atoms with van der Waals surface area (Å²) < 4.78 is 29.0. The number of hydrogen-bond donors (Lipinski definition) is 0. The van der Waals surface area contributed by atoms with Gasteiger partial charge in [-0.3, -0.25) is 4.18 Å². The Labute approximate surface area is 100 Å². The maximum absolute atomic E-state index is 11.6. The number of rotatable bonds is 8. The van der Waals surface area contributed by atoms with Crippen LogP contribution in [-0.4, -0.2) is 50.9 Å². The monoisotopic (exact) mass is 252 g/mol. The lowest BCUT2D eigenvalue weighted by molar-refractivity contribution is -0.921. The predicted octanol–water partition coefficient (Wildman–Crippen LogP) is 1.62. The first-order valence-corrected chi connectivity index (χ1v) is 7.64. The van der Waals surface area contributed by atoms with Gasteiger partial charge in [0.15, 0.2) is 0 Å². The number of quaternary nitrogens is 1. The summed E-state index contributed by atoms with van der Waals surface area (Å²) in [6, 6.07) is 0. The van der Waals surface area contributed by atoms with E-state index in [9.17, 15) is 8.42 Å². The summed E-state index contributed by atoms with van der Waals surface area (Å²) in [5.74, 6) is 0.112. The van der Waals surface area contributed by atoms with Crippen molar-refractivity contribution in [1.82, 2.24) is 0 Å². The molecule has 0 saturated heterocycles. The van der Waals surface area contributed by atoms with Gasteiger partial charge in [0, 0.05) is 0 Å². The van der Waals surface area contributed by atoms with E-state index in [2.05, 4.69) is 20.8 Å². The minimum Gasteiger partial charge on any atom is -0.323 e. The molecule has 0 unspecified atom stereocenters. The second kappa shape index (κ2) is 6.57. The molecule has 0 spiro atoms. The van der Waals surface area contributed by atoms with E-state index in [-0.39, 0.29) is 11.9 Å². The van der Waals surface area contributed by atoms with Crippen molar-refractivity contribution in [2.24, 2.45) is 0 Å². The zero-order chi connectivity index (χ0) is 12.8. The molecule has 0 aromatic carbocycles. The topological polar surface area (TPSA) is 43.4 Å². The molecule has 0 aromatic rings. The molecule has 0 N–H and O–H groups in total. The molecule has 0 amide bonds. The lowest BCUT2D eigenvalue weighted by atomic mass is 10.3. The second-order valence-corrected chi connectivity index (χ2v) is 6.14. The van der Waals surface area contributed by atoms with E-state index >= 15 is 0 Å². The van der Waals surface area contributed by atoms with E-state index in [0.717, 1.165) is 24.1 Å². The van der Waals surface area contributed by atoms with Crippen LogP contribution in [0.15, 0.2) is 0 Å². The molecule has 0 aliphatic carbocycles. The first kappa shape index (κ1) is 15.9. The molecule has 0 heterocycles. The molecular formula is C11H26NO3S+. The average Bonchev–Trinajstić information content (AvgIpc) is 2.19. The van der Waals surface area contributed by atoms with Gasteiger partial charge in [0.1, 0.15) is 5.75 Å². The highest BCUT2D eigenvalue weighted by atomic mass is 32.2. The highest BCUT2D eigenvalue weighted by Gasteiger charge is 2.25. The third-order valence-electron chi connectivity index (χ3n) is 3.17. The van der Waals surface area contributed by atoms with Crippen LogP contribution in [-0.2, 0) is 14.3 Å². The van der Waals surface area contributed by atoms with Crippen molar-refractivity contribution in [3.63, 3.8) is 0 Å². The van der Waals surface area contributed by atoms with Gasteiger partial charge >= 0.3 is 0 Å². The fraction of sp³-hybridized carbons (Fsp3) is 1.00. The normalized spacial score (nSPS) is 13.4. The van der Waals surface area contributed by atoms with Gasteiger partial charge in [-0.2, -0.15) is 8.42 Å². The molecular weight excluding hydrogens is 226 g/mol. The van der Waals surface area contributed by atoms with Crippen LogP contribution in [0.2, 0.25) is 0 Å². The van der Waals surface area contributed by atoms with Gasteiger partial charge < -0.3 is 4.48 Å². The van der Waals surface area contributed by atoms with Crippen molar-refractivity contribution in [3.05, 3.63) is 0 Å². The molecule has 0 saturated carbocycles. The average molecular weight is 252 g/mol. The summed E-state index contributed by atoms with van der Waals surface area (Å²) in [5, 5.41) is 0. The third-order valence-corrected chi connectivity index (χ3v) is 4.53. The highest BCUT2D eigenvalue weighted by molar-refractivity contribution is 7.86. The van der Waals surface area contributed by atoms with E-state index < -0.39 is 10.1 Å². The van der Waals surface area contributed by atoms with Crippen molar-refractivity contribution in [1.29, 1.82) is 0 Å². The van der Waals surface area contributed by atoms with Gasteiger partial charge in [-0.05, 0) is 34.6 Å². The van der Waals surface area contributed by atoms with Crippen molar-refractivity contribution >= 4 is 10.1 Å². The van der Waals surface area contributed by atoms with Crippen LogP contribution < -0.4 is 0 Å². The van der Waals surface area contributed by atoms with Gasteiger partial charge in [0.05, 0.1) is 32.3 Å². The van der Waals surface area contributed by atoms with Crippen LogP contribution in [0.3, 0.4) is 0 Å². The number of nitrogens with zero attached hydrogens (tertiary/aromatic N) is 1. The van der Waals surface area contributed by atoms with Crippen molar-refractivity contribution in [3.8, 4) is 0 Å². The first-order chi connectivity index (χ1) is 7.31. The van der Waals surface area contributed by atoms with Crippen LogP contribution in [0.25, 0.3) is 0 Å². The van der Waals surface area contributed by atoms with E-state index in [1.165, 1.54) is 0 Å². The van der Waals surface area contributed by atoms with Crippen LogP contribution in [0.1, 0.15) is 34.6 Å². The lowest BCUT2D eigenvalue weighted by Gasteiger charge is -2.35. The molecule has 98 valence electrons. The summed E-state index contributed by atoms with van der Waals surface area (Å²) in [4.78, 5) is 0. The Hall–Kier alpha value is -0.130. The van der Waals surface area contributed by atoms with Crippen LogP contribution in [0.5, 0.6) is 0 Å². The van der Waals surface area contributed by atoms with Gasteiger partial charge in [-0.1, -0.05) is 0 Å². The fourth-order valence-electron chi connectivity index (χ4n) is 1.79. The molecule has 0 aliphatic rings. The Kier molecular flexibility index (Phi) is 6.51. The van der Waals surface area contributed by atoms with E-state index in [1.807, 2.05) is 0 Å². The first-order valence-electron chi connectivity index (χ1n) is 6.07. The second-order valence-electron chi connectivity index (χ2n) is 4.42. The lowest BCUT2D eigenvalue weighted by Crippen LogP contribution is -2.50. The van der Waals surface area contributed by atoms with Crippen molar-refractivity contribution in [2.75, 3.05) is 31.9 Å². The van der Waals surface area contributed by atoms with Crippen molar-refractivity contribution < 1.29 is 17.1 Å². The van der Waals surface area contributed by atoms with Gasteiger partial charge in [-0.15, -0.1) is 0 Å². The summed E-state index contributed by atoms with van der Waals surface area (Å²) in [6.07, 6.45) is -0.267. The molecule has 0 aromatic heterocycles. The molecule has 0 radical (unpaired) electrons. The molecule has 0 fully saturated rings. The van der Waals surface area contributed by atoms with E-state index in [1.54, 1.807) is 13.8 Å². The highest BCUT2D eigenvalue weighted by Crippen LogP contribution is 2.08. The number of hydrogen-bond acceptors (Lipinski definition) is 3. The quantitative estimate of drug-likeness (QED) is 0.487. The summed E-state index contributed by atoms with van der Waals surface area (Å²) in [5.41, 5.74) is 0. The largest absolute Gasteiger partial charge is 0.323 e. The molecule has 4 nitrogen and oxygen atoms in total. The predicted molar refractivity (Wildman–Crippen MR) is 66.8 cm³/mol. The Bertz CT molecular complexity index is 273. The maximum atomic E-state index is 11.6. The summed E-state index contributed by atoms with van der Waals surface area (Å²) >= 11 is 0. The van der Waals surface area contributed by atoms with Gasteiger partial charge in [-0.25, -0.2) is 0 Å². The fourth-order valence-corrected chi connectivity index (χ4v) is 3.09. The van der Waals surface area contributed by atoms with Crippen LogP contribution in [0.4, 0.5) is 0 Å². The standard InChI is InChI=1S/C11H26NO3S/c1-6-12(7-2,8-3)9-10-16(13,14)15-11(4)5/h11H,6-10H2,1-5H3/q+1. The minimum atomic E-state index is -3.36. The van der Waals surface area contributed by atoms with E-state index in [4.69, 9.17) is 4.18 Å². The van der Waals surface area contributed by atoms with Crippen molar-refractivity contribution in [2.45, 2.75) is 40.7 Å². The zero-order valence-corrected chi connectivity index (χ0v) is 12.0. The molecule has 0 rings (SSSR count). The van der Waals surface area contributed by atoms with Crippen LogP contribution >= 0.6 is 0 Å². The molecule has 0 atom stereocenters. The van der Waals surface area contributed by atoms with Gasteiger partial charge in [0.2, 0.25) is 0 Å². The molecule has 16 heavy (non-hydrogen) atoms. The van der Waals surface area contributed by atoms with Crippen LogP contribution in [0, 0.1) is 0 Å². The Morgan fingerprint density at radius 1 is 1.06 bits per heavy atom. The molecule has 0 aliphatic heterocycles. The van der Waals surface area contributed by atoms with E-state index in [0.29, 0.717) is 6.54 Å². The Morgan fingerprint density at radius 2 is 1.50 bits per heavy atom. The van der Waals surface area contributed by atoms with Gasteiger partial charge in [0.25, 0.3) is 10.1 Å². The molecule has 0 bridgehead atoms. The Balaban J connectivity index is 4.42. The Morgan fingerprint density at radius 3 is 1.81 bits per heavy atom. The zero-order valence-electron chi connectivity index (χ0n) is 11.2. The minimum absolute atomic E-state index is 0.112. The SMILES string of the molecule is CC[N+](CC)(CC)CCS(=O)(=O)OC(C)C. The smallest absolute Gasteiger partial charge is 0.273 e. The molecule has 5 heteroatoms. The summed E-state index contributed by atoms with van der Waals surface area (Å²) in [6.45, 7) is 13.3.